The van der Waals surface area contributed by atoms with Crippen LogP contribution < -0.4 is 14.8 Å². The van der Waals surface area contributed by atoms with Crippen molar-refractivity contribution in [2.75, 3.05) is 19.0 Å². The van der Waals surface area contributed by atoms with Crippen molar-refractivity contribution in [3.8, 4) is 22.6 Å². The van der Waals surface area contributed by atoms with Crippen molar-refractivity contribution in [3.05, 3.63) is 106 Å². The van der Waals surface area contributed by atoms with E-state index in [0.717, 1.165) is 5.56 Å². The third-order valence-corrected chi connectivity index (χ3v) is 6.73. The van der Waals surface area contributed by atoms with Gasteiger partial charge < -0.3 is 19.5 Å². The summed E-state index contributed by atoms with van der Waals surface area (Å²) in [4.78, 5) is 25.5. The number of ether oxygens (including phenoxy) is 3. The zero-order chi connectivity index (χ0) is 27.8. The van der Waals surface area contributed by atoms with Crippen LogP contribution in [-0.4, -0.2) is 25.6 Å². The lowest BCUT2D eigenvalue weighted by molar-refractivity contribution is -0.111. The predicted molar refractivity (Wildman–Crippen MR) is 152 cm³/mol. The van der Waals surface area contributed by atoms with Gasteiger partial charge in [-0.1, -0.05) is 41.9 Å². The van der Waals surface area contributed by atoms with E-state index in [1.165, 1.54) is 36.7 Å². The Morgan fingerprint density at radius 1 is 1.03 bits per heavy atom. The number of hydrogen-bond donors (Lipinski definition) is 1. The topological polar surface area (TPSA) is 73.9 Å². The summed E-state index contributed by atoms with van der Waals surface area (Å²) in [5, 5.41) is 5.48. The van der Waals surface area contributed by atoms with E-state index in [9.17, 15) is 14.0 Å². The van der Waals surface area contributed by atoms with Gasteiger partial charge in [-0.15, -0.1) is 11.3 Å². The summed E-state index contributed by atoms with van der Waals surface area (Å²) < 4.78 is 29.9. The molecule has 0 aliphatic carbocycles. The van der Waals surface area contributed by atoms with E-state index in [1.54, 1.807) is 60.8 Å². The quantitative estimate of drug-likeness (QED) is 0.158. The number of esters is 1. The van der Waals surface area contributed by atoms with Crippen LogP contribution >= 0.6 is 22.9 Å². The van der Waals surface area contributed by atoms with Gasteiger partial charge in [-0.2, -0.15) is 0 Å². The third-order valence-electron chi connectivity index (χ3n) is 5.58. The molecule has 0 aliphatic rings. The molecule has 0 aliphatic heterocycles. The van der Waals surface area contributed by atoms with E-state index in [2.05, 4.69) is 5.32 Å². The maximum Gasteiger partial charge on any atom is 0.341 e. The van der Waals surface area contributed by atoms with Gasteiger partial charge in [0.05, 0.1) is 13.7 Å². The Morgan fingerprint density at radius 2 is 1.77 bits per heavy atom. The Bertz CT molecular complexity index is 1480. The molecule has 9 heteroatoms. The monoisotopic (exact) mass is 565 g/mol. The number of thiophene rings is 1. The van der Waals surface area contributed by atoms with Crippen molar-refractivity contribution in [1.82, 2.24) is 0 Å². The van der Waals surface area contributed by atoms with Gasteiger partial charge in [-0.05, 0) is 66.1 Å². The summed E-state index contributed by atoms with van der Waals surface area (Å²) in [6, 6.07) is 18.4. The fraction of sp³-hybridized carbons (Fsp3) is 0.133. The number of carbonyl (C=O) groups is 2. The van der Waals surface area contributed by atoms with Crippen LogP contribution in [0.25, 0.3) is 17.2 Å². The molecule has 4 rings (SSSR count). The number of anilines is 1. The van der Waals surface area contributed by atoms with Crippen LogP contribution in [0.1, 0.15) is 28.4 Å². The molecule has 3 aromatic carbocycles. The zero-order valence-electron chi connectivity index (χ0n) is 21.2. The first kappa shape index (κ1) is 27.9. The largest absolute Gasteiger partial charge is 0.493 e. The molecule has 4 aromatic rings. The summed E-state index contributed by atoms with van der Waals surface area (Å²) >= 11 is 7.12. The van der Waals surface area contributed by atoms with Gasteiger partial charge in [0.1, 0.15) is 23.0 Å². The van der Waals surface area contributed by atoms with Gasteiger partial charge in [0, 0.05) is 22.0 Å². The number of halogens is 2. The SMILES string of the molecule is CCOC(=O)c1c(-c2ccc(F)cc2)csc1NC(=O)C=Cc1ccc(OCc2ccc(Cl)cc2)c(OC)c1. The highest BCUT2D eigenvalue weighted by Gasteiger charge is 2.22. The van der Waals surface area contributed by atoms with E-state index >= 15 is 0 Å². The van der Waals surface area contributed by atoms with Crippen molar-refractivity contribution in [2.45, 2.75) is 13.5 Å². The lowest BCUT2D eigenvalue weighted by atomic mass is 10.0. The molecule has 0 spiro atoms. The molecular weight excluding hydrogens is 541 g/mol. The highest BCUT2D eigenvalue weighted by molar-refractivity contribution is 7.15. The Kier molecular flexibility index (Phi) is 9.35. The number of hydrogen-bond acceptors (Lipinski definition) is 6. The first-order chi connectivity index (χ1) is 18.9. The number of amides is 1. The Labute approximate surface area is 234 Å². The van der Waals surface area contributed by atoms with Crippen molar-refractivity contribution < 1.29 is 28.2 Å². The molecule has 0 radical (unpaired) electrons. The van der Waals surface area contributed by atoms with Gasteiger partial charge >= 0.3 is 5.97 Å². The van der Waals surface area contributed by atoms with Crippen LogP contribution in [0.4, 0.5) is 9.39 Å². The van der Waals surface area contributed by atoms with Crippen LogP contribution in [0.5, 0.6) is 11.5 Å². The number of benzene rings is 3. The van der Waals surface area contributed by atoms with E-state index in [4.69, 9.17) is 25.8 Å². The number of rotatable bonds is 10. The lowest BCUT2D eigenvalue weighted by Gasteiger charge is -2.11. The average Bonchev–Trinajstić information content (AvgIpc) is 3.35. The average molecular weight is 566 g/mol. The molecular formula is C30H25ClFNO5S. The fourth-order valence-electron chi connectivity index (χ4n) is 3.67. The Morgan fingerprint density at radius 3 is 2.46 bits per heavy atom. The standard InChI is InChI=1S/C30H25ClFNO5S/c1-3-37-30(35)28-24(21-8-12-23(32)13-9-21)18-39-29(28)33-27(34)15-7-19-6-14-25(26(16-19)36-2)38-17-20-4-10-22(31)11-5-20/h4-16,18H,3,17H2,1-2H3,(H,33,34). The second-order valence-corrected chi connectivity index (χ2v) is 9.54. The van der Waals surface area contributed by atoms with Crippen LogP contribution in [0.3, 0.4) is 0 Å². The summed E-state index contributed by atoms with van der Waals surface area (Å²) in [6.45, 7) is 2.21. The molecule has 0 bridgehead atoms. The number of carbonyl (C=O) groups excluding carboxylic acids is 2. The van der Waals surface area contributed by atoms with Gasteiger partial charge in [0.25, 0.3) is 0 Å². The molecule has 0 saturated heterocycles. The minimum absolute atomic E-state index is 0.173. The second-order valence-electron chi connectivity index (χ2n) is 8.23. The molecule has 0 unspecified atom stereocenters. The van der Waals surface area contributed by atoms with Gasteiger partial charge in [0.2, 0.25) is 5.91 Å². The first-order valence-electron chi connectivity index (χ1n) is 12.0. The summed E-state index contributed by atoms with van der Waals surface area (Å²) in [5.41, 5.74) is 3.08. The van der Waals surface area contributed by atoms with Crippen molar-refractivity contribution in [2.24, 2.45) is 0 Å². The maximum atomic E-state index is 13.4. The number of nitrogens with one attached hydrogen (secondary N) is 1. The zero-order valence-corrected chi connectivity index (χ0v) is 22.8. The van der Waals surface area contributed by atoms with Crippen LogP contribution in [-0.2, 0) is 16.1 Å². The molecule has 1 amide bonds. The molecule has 200 valence electrons. The third kappa shape index (κ3) is 7.25. The van der Waals surface area contributed by atoms with E-state index in [0.29, 0.717) is 44.8 Å². The summed E-state index contributed by atoms with van der Waals surface area (Å²) in [6.07, 6.45) is 2.98. The summed E-state index contributed by atoms with van der Waals surface area (Å²) in [7, 11) is 1.54. The maximum absolute atomic E-state index is 13.4. The van der Waals surface area contributed by atoms with E-state index in [-0.39, 0.29) is 18.0 Å². The molecule has 0 atom stereocenters. The molecule has 1 aromatic heterocycles. The van der Waals surface area contributed by atoms with Crippen LogP contribution in [0.2, 0.25) is 5.02 Å². The summed E-state index contributed by atoms with van der Waals surface area (Å²) in [5.74, 6) is -0.326. The molecule has 1 heterocycles. The van der Waals surface area contributed by atoms with Crippen molar-refractivity contribution in [3.63, 3.8) is 0 Å². The van der Waals surface area contributed by atoms with Gasteiger partial charge in [0.15, 0.2) is 11.5 Å². The van der Waals surface area contributed by atoms with Crippen molar-refractivity contribution in [1.29, 1.82) is 0 Å². The highest BCUT2D eigenvalue weighted by Crippen LogP contribution is 2.36. The van der Waals surface area contributed by atoms with Gasteiger partial charge in [-0.3, -0.25) is 4.79 Å². The first-order valence-corrected chi connectivity index (χ1v) is 13.2. The number of methoxy groups -OCH3 is 1. The normalized spacial score (nSPS) is 10.9. The molecule has 0 saturated carbocycles. The van der Waals surface area contributed by atoms with E-state index < -0.39 is 11.9 Å². The second kappa shape index (κ2) is 13.1. The minimum Gasteiger partial charge on any atom is -0.493 e. The molecule has 1 N–H and O–H groups in total. The molecule has 39 heavy (non-hydrogen) atoms. The fourth-order valence-corrected chi connectivity index (χ4v) is 4.76. The Hall–Kier alpha value is -4.14. The predicted octanol–water partition coefficient (Wildman–Crippen LogP) is 7.62. The van der Waals surface area contributed by atoms with Crippen LogP contribution in [0.15, 0.2) is 78.2 Å². The lowest BCUT2D eigenvalue weighted by Crippen LogP contribution is -2.12. The van der Waals surface area contributed by atoms with Gasteiger partial charge in [-0.25, -0.2) is 9.18 Å². The highest BCUT2D eigenvalue weighted by atomic mass is 35.5. The molecule has 0 fully saturated rings. The Balaban J connectivity index is 1.47. The smallest absolute Gasteiger partial charge is 0.341 e. The van der Waals surface area contributed by atoms with Crippen molar-refractivity contribution >= 4 is 45.9 Å². The molecule has 6 nitrogen and oxygen atoms in total. The van der Waals surface area contributed by atoms with Crippen LogP contribution in [0, 0.1) is 5.82 Å². The minimum atomic E-state index is -0.573. The van der Waals surface area contributed by atoms with E-state index in [1.807, 2.05) is 12.1 Å².